The fraction of sp³-hybridized carbons (Fsp3) is 0. The number of anilines is 1. The van der Waals surface area contributed by atoms with Gasteiger partial charge in [0.1, 0.15) is 0 Å². The molecule has 0 atom stereocenters. The molecule has 0 fully saturated rings. The van der Waals surface area contributed by atoms with Crippen LogP contribution in [0.25, 0.3) is 0 Å². The molecule has 0 aliphatic rings. The number of nitrogens with zero attached hydrogens (tertiary/aromatic N) is 2. The summed E-state index contributed by atoms with van der Waals surface area (Å²) in [7, 11) is 0. The van der Waals surface area contributed by atoms with E-state index >= 15 is 0 Å². The molecule has 1 aromatic heterocycles. The quantitative estimate of drug-likeness (QED) is 0.677. The van der Waals surface area contributed by atoms with Crippen LogP contribution in [0.1, 0.15) is 5.69 Å². The van der Waals surface area contributed by atoms with Gasteiger partial charge in [-0.25, -0.2) is 0 Å². The number of rotatable bonds is 3. The molecular weight excluding hydrogens is 257 g/mol. The zero-order valence-corrected chi connectivity index (χ0v) is 10.3. The summed E-state index contributed by atoms with van der Waals surface area (Å²) in [6, 6.07) is 10.7. The van der Waals surface area contributed by atoms with Gasteiger partial charge < -0.3 is 0 Å². The Kier molecular flexibility index (Phi) is 3.96. The summed E-state index contributed by atoms with van der Waals surface area (Å²) in [6.07, 6.45) is 3.33. The minimum absolute atomic E-state index is 0.563. The second kappa shape index (κ2) is 5.66. The van der Waals surface area contributed by atoms with Gasteiger partial charge in [-0.15, -0.1) is 0 Å². The number of hydrogen-bond donors (Lipinski definition) is 1. The molecule has 0 unspecified atom stereocenters. The molecule has 0 amide bonds. The predicted molar refractivity (Wildman–Crippen MR) is 71.9 cm³/mol. The summed E-state index contributed by atoms with van der Waals surface area (Å²) in [4.78, 5) is 4.10. The lowest BCUT2D eigenvalue weighted by Crippen LogP contribution is -1.92. The predicted octanol–water partition coefficient (Wildman–Crippen LogP) is 3.83. The molecule has 0 saturated carbocycles. The maximum atomic E-state index is 5.86. The zero-order chi connectivity index (χ0) is 12.1. The van der Waals surface area contributed by atoms with Crippen LogP contribution < -0.4 is 5.43 Å². The Morgan fingerprint density at radius 3 is 2.53 bits per heavy atom. The molecule has 86 valence electrons. The van der Waals surface area contributed by atoms with Crippen molar-refractivity contribution < 1.29 is 0 Å². The molecule has 0 bridgehead atoms. The van der Waals surface area contributed by atoms with Gasteiger partial charge in [0.15, 0.2) is 0 Å². The first kappa shape index (κ1) is 11.9. The van der Waals surface area contributed by atoms with Crippen LogP contribution in [0.3, 0.4) is 0 Å². The van der Waals surface area contributed by atoms with Crippen molar-refractivity contribution in [3.63, 3.8) is 0 Å². The molecule has 0 radical (unpaired) electrons. The summed E-state index contributed by atoms with van der Waals surface area (Å²) in [5.41, 5.74) is 4.34. The first-order chi connectivity index (χ1) is 8.24. The first-order valence-electron chi connectivity index (χ1n) is 4.90. The van der Waals surface area contributed by atoms with Gasteiger partial charge in [0.05, 0.1) is 17.6 Å². The van der Waals surface area contributed by atoms with Crippen LogP contribution in [0.15, 0.2) is 47.7 Å². The summed E-state index contributed by atoms with van der Waals surface area (Å²) in [5.74, 6) is 0. The Balaban J connectivity index is 2.05. The highest BCUT2D eigenvalue weighted by molar-refractivity contribution is 6.35. The largest absolute Gasteiger partial charge is 0.278 e. The summed E-state index contributed by atoms with van der Waals surface area (Å²) >= 11 is 11.7. The highest BCUT2D eigenvalue weighted by Gasteiger charge is 1.96. The number of hydrogen-bond acceptors (Lipinski definition) is 3. The summed E-state index contributed by atoms with van der Waals surface area (Å²) in [6.45, 7) is 0. The van der Waals surface area contributed by atoms with E-state index in [4.69, 9.17) is 23.2 Å². The lowest BCUT2D eigenvalue weighted by molar-refractivity contribution is 1.28. The first-order valence-corrected chi connectivity index (χ1v) is 5.66. The fourth-order valence-corrected chi connectivity index (χ4v) is 1.77. The third kappa shape index (κ3) is 3.73. The molecule has 0 spiro atoms. The van der Waals surface area contributed by atoms with Gasteiger partial charge >= 0.3 is 0 Å². The molecule has 3 nitrogen and oxygen atoms in total. The van der Waals surface area contributed by atoms with Gasteiger partial charge in [-0.3, -0.25) is 10.4 Å². The van der Waals surface area contributed by atoms with E-state index in [1.807, 2.05) is 18.2 Å². The maximum Gasteiger partial charge on any atom is 0.0830 e. The van der Waals surface area contributed by atoms with Crippen molar-refractivity contribution in [2.45, 2.75) is 0 Å². The van der Waals surface area contributed by atoms with Gasteiger partial charge in [0.2, 0.25) is 0 Å². The molecule has 1 heterocycles. The Bertz CT molecular complexity index is 506. The minimum atomic E-state index is 0.563. The molecule has 2 rings (SSSR count). The average molecular weight is 266 g/mol. The summed E-state index contributed by atoms with van der Waals surface area (Å²) < 4.78 is 0. The standard InChI is InChI=1S/C12H9Cl2N3/c13-9-5-10(14)7-12(6-9)17-16-8-11-3-1-2-4-15-11/h1-8,17H/b16-8+. The van der Waals surface area contributed by atoms with Gasteiger partial charge in [-0.05, 0) is 30.3 Å². The van der Waals surface area contributed by atoms with Crippen molar-refractivity contribution in [2.75, 3.05) is 5.43 Å². The van der Waals surface area contributed by atoms with Crippen LogP contribution in [0, 0.1) is 0 Å². The highest BCUT2D eigenvalue weighted by Crippen LogP contribution is 2.22. The Morgan fingerprint density at radius 2 is 1.88 bits per heavy atom. The van der Waals surface area contributed by atoms with E-state index in [-0.39, 0.29) is 0 Å². The molecule has 0 aliphatic heterocycles. The molecule has 0 saturated heterocycles. The van der Waals surface area contributed by atoms with Crippen molar-refractivity contribution in [1.29, 1.82) is 0 Å². The Hall–Kier alpha value is -1.58. The van der Waals surface area contributed by atoms with Crippen LogP contribution >= 0.6 is 23.2 Å². The second-order valence-corrected chi connectivity index (χ2v) is 4.16. The summed E-state index contributed by atoms with van der Waals surface area (Å²) in [5, 5.41) is 5.17. The molecule has 2 aromatic rings. The number of nitrogens with one attached hydrogen (secondary N) is 1. The minimum Gasteiger partial charge on any atom is -0.278 e. The number of aromatic nitrogens is 1. The van der Waals surface area contributed by atoms with E-state index in [1.165, 1.54) is 0 Å². The Morgan fingerprint density at radius 1 is 1.12 bits per heavy atom. The zero-order valence-electron chi connectivity index (χ0n) is 8.77. The van der Waals surface area contributed by atoms with Gasteiger partial charge in [-0.2, -0.15) is 5.10 Å². The number of benzene rings is 1. The molecule has 5 heteroatoms. The maximum absolute atomic E-state index is 5.86. The van der Waals surface area contributed by atoms with Crippen molar-refractivity contribution >= 4 is 35.1 Å². The highest BCUT2D eigenvalue weighted by atomic mass is 35.5. The molecule has 0 aliphatic carbocycles. The van der Waals surface area contributed by atoms with E-state index in [1.54, 1.807) is 30.6 Å². The van der Waals surface area contributed by atoms with Crippen molar-refractivity contribution in [2.24, 2.45) is 5.10 Å². The lowest BCUT2D eigenvalue weighted by atomic mass is 10.3. The second-order valence-electron chi connectivity index (χ2n) is 3.28. The lowest BCUT2D eigenvalue weighted by Gasteiger charge is -2.01. The third-order valence-electron chi connectivity index (χ3n) is 1.94. The SMILES string of the molecule is Clc1cc(Cl)cc(N/N=C/c2ccccn2)c1. The number of halogens is 2. The van der Waals surface area contributed by atoms with Crippen molar-refractivity contribution in [3.8, 4) is 0 Å². The van der Waals surface area contributed by atoms with Crippen LogP contribution in [0.5, 0.6) is 0 Å². The van der Waals surface area contributed by atoms with Gasteiger partial charge in [-0.1, -0.05) is 29.3 Å². The average Bonchev–Trinajstić information content (AvgIpc) is 2.29. The monoisotopic (exact) mass is 265 g/mol. The van der Waals surface area contributed by atoms with E-state index in [0.717, 1.165) is 11.4 Å². The van der Waals surface area contributed by atoms with Crippen LogP contribution in [0.4, 0.5) is 5.69 Å². The van der Waals surface area contributed by atoms with Crippen molar-refractivity contribution in [1.82, 2.24) is 4.98 Å². The Labute approximate surface area is 109 Å². The molecule has 17 heavy (non-hydrogen) atoms. The van der Waals surface area contributed by atoms with Gasteiger partial charge in [0, 0.05) is 16.2 Å². The smallest absolute Gasteiger partial charge is 0.0830 e. The molecule has 1 aromatic carbocycles. The van der Waals surface area contributed by atoms with Crippen LogP contribution in [-0.2, 0) is 0 Å². The number of pyridine rings is 1. The number of hydrazone groups is 1. The molecule has 1 N–H and O–H groups in total. The van der Waals surface area contributed by atoms with Gasteiger partial charge in [0.25, 0.3) is 0 Å². The van der Waals surface area contributed by atoms with E-state index in [2.05, 4.69) is 15.5 Å². The van der Waals surface area contributed by atoms with E-state index < -0.39 is 0 Å². The normalized spacial score (nSPS) is 10.7. The van der Waals surface area contributed by atoms with Crippen molar-refractivity contribution in [3.05, 3.63) is 58.3 Å². The van der Waals surface area contributed by atoms with E-state index in [9.17, 15) is 0 Å². The topological polar surface area (TPSA) is 37.3 Å². The van der Waals surface area contributed by atoms with Crippen LogP contribution in [-0.4, -0.2) is 11.2 Å². The third-order valence-corrected chi connectivity index (χ3v) is 2.38. The fourth-order valence-electron chi connectivity index (χ4n) is 1.24. The molecular formula is C12H9Cl2N3. The van der Waals surface area contributed by atoms with E-state index in [0.29, 0.717) is 10.0 Å². The van der Waals surface area contributed by atoms with Crippen LogP contribution in [0.2, 0.25) is 10.0 Å².